The van der Waals surface area contributed by atoms with E-state index in [0.717, 1.165) is 5.56 Å². The summed E-state index contributed by atoms with van der Waals surface area (Å²) in [5, 5.41) is 0.567. The van der Waals surface area contributed by atoms with Crippen molar-refractivity contribution in [2.75, 3.05) is 7.11 Å². The van der Waals surface area contributed by atoms with E-state index < -0.39 is 0 Å². The van der Waals surface area contributed by atoms with E-state index in [0.29, 0.717) is 10.8 Å². The van der Waals surface area contributed by atoms with Crippen molar-refractivity contribution in [1.82, 2.24) is 0 Å². The molecule has 2 nitrogen and oxygen atoms in total. The third-order valence-corrected chi connectivity index (χ3v) is 2.11. The fraction of sp³-hybridized carbons (Fsp3) is 0.200. The number of hydrogen-bond donors (Lipinski definition) is 1. The summed E-state index contributed by atoms with van der Waals surface area (Å²) in [5.41, 5.74) is 6.63. The molecule has 0 aliphatic heterocycles. The second-order valence-corrected chi connectivity index (χ2v) is 3.03. The number of rotatable bonds is 3. The van der Waals surface area contributed by atoms with Crippen molar-refractivity contribution in [2.45, 2.75) is 6.04 Å². The van der Waals surface area contributed by atoms with Crippen LogP contribution in [0.25, 0.3) is 0 Å². The first-order valence-corrected chi connectivity index (χ1v) is 4.29. The summed E-state index contributed by atoms with van der Waals surface area (Å²) in [6, 6.07) is 5.23. The van der Waals surface area contributed by atoms with Crippen molar-refractivity contribution in [1.29, 1.82) is 0 Å². The fourth-order valence-electron chi connectivity index (χ4n) is 1.13. The standard InChI is InChI=1S/C10H12ClNO/c1-3-9(12)7-5-4-6-8(11)10(7)13-2/h3-6,9H,1,12H2,2H3/t9-/m0/s1. The fourth-order valence-corrected chi connectivity index (χ4v) is 1.39. The lowest BCUT2D eigenvalue weighted by atomic mass is 10.1. The molecule has 0 aliphatic carbocycles. The number of hydrogen-bond acceptors (Lipinski definition) is 2. The molecule has 13 heavy (non-hydrogen) atoms. The molecule has 2 N–H and O–H groups in total. The molecule has 1 aromatic rings. The van der Waals surface area contributed by atoms with Gasteiger partial charge in [0.2, 0.25) is 0 Å². The molecule has 0 radical (unpaired) electrons. The Morgan fingerprint density at radius 3 is 2.85 bits per heavy atom. The highest BCUT2D eigenvalue weighted by Crippen LogP contribution is 2.31. The molecule has 0 unspecified atom stereocenters. The van der Waals surface area contributed by atoms with Crippen LogP contribution in [-0.2, 0) is 0 Å². The minimum atomic E-state index is -0.242. The van der Waals surface area contributed by atoms with Crippen LogP contribution in [0.5, 0.6) is 5.75 Å². The van der Waals surface area contributed by atoms with E-state index in [1.807, 2.05) is 12.1 Å². The highest BCUT2D eigenvalue weighted by molar-refractivity contribution is 6.32. The maximum absolute atomic E-state index is 5.92. The predicted molar refractivity (Wildman–Crippen MR) is 55.1 cm³/mol. The third-order valence-electron chi connectivity index (χ3n) is 1.81. The second kappa shape index (κ2) is 4.30. The SMILES string of the molecule is C=C[C@H](N)c1cccc(Cl)c1OC. The minimum absolute atomic E-state index is 0.242. The highest BCUT2D eigenvalue weighted by atomic mass is 35.5. The van der Waals surface area contributed by atoms with Crippen molar-refractivity contribution >= 4 is 11.6 Å². The van der Waals surface area contributed by atoms with Gasteiger partial charge in [0.1, 0.15) is 5.75 Å². The van der Waals surface area contributed by atoms with Crippen LogP contribution < -0.4 is 10.5 Å². The molecule has 3 heteroatoms. The summed E-state index contributed by atoms with van der Waals surface area (Å²) < 4.78 is 5.14. The topological polar surface area (TPSA) is 35.2 Å². The molecule has 0 bridgehead atoms. The highest BCUT2D eigenvalue weighted by Gasteiger charge is 2.10. The molecule has 0 aliphatic rings. The van der Waals surface area contributed by atoms with Gasteiger partial charge in [-0.05, 0) is 6.07 Å². The summed E-state index contributed by atoms with van der Waals surface area (Å²) in [7, 11) is 1.57. The first-order chi connectivity index (χ1) is 6.20. The van der Waals surface area contributed by atoms with Crippen LogP contribution in [0.4, 0.5) is 0 Å². The Bertz CT molecular complexity index is 312. The molecule has 1 aromatic carbocycles. The molecule has 0 heterocycles. The van der Waals surface area contributed by atoms with E-state index in [4.69, 9.17) is 22.1 Å². The molecule has 0 saturated heterocycles. The molecule has 70 valence electrons. The Morgan fingerprint density at radius 2 is 2.31 bits per heavy atom. The van der Waals surface area contributed by atoms with Crippen molar-refractivity contribution in [3.8, 4) is 5.75 Å². The molecular formula is C10H12ClNO. The van der Waals surface area contributed by atoms with Gasteiger partial charge in [-0.3, -0.25) is 0 Å². The number of nitrogens with two attached hydrogens (primary N) is 1. The van der Waals surface area contributed by atoms with E-state index in [1.54, 1.807) is 19.3 Å². The van der Waals surface area contributed by atoms with Gasteiger partial charge in [0.05, 0.1) is 18.2 Å². The second-order valence-electron chi connectivity index (χ2n) is 2.62. The number of para-hydroxylation sites is 1. The van der Waals surface area contributed by atoms with Gasteiger partial charge < -0.3 is 10.5 Å². The molecule has 1 atom stereocenters. The molecule has 0 aromatic heterocycles. The minimum Gasteiger partial charge on any atom is -0.495 e. The molecule has 1 rings (SSSR count). The van der Waals surface area contributed by atoms with E-state index >= 15 is 0 Å². The van der Waals surface area contributed by atoms with Gasteiger partial charge in [-0.2, -0.15) is 0 Å². The van der Waals surface area contributed by atoms with Gasteiger partial charge in [0, 0.05) is 5.56 Å². The Balaban J connectivity index is 3.19. The maximum atomic E-state index is 5.92. The van der Waals surface area contributed by atoms with Gasteiger partial charge in [0.25, 0.3) is 0 Å². The van der Waals surface area contributed by atoms with Crippen molar-refractivity contribution in [3.63, 3.8) is 0 Å². The number of halogens is 1. The molecule has 0 amide bonds. The van der Waals surface area contributed by atoms with Gasteiger partial charge in [-0.25, -0.2) is 0 Å². The predicted octanol–water partition coefficient (Wildman–Crippen LogP) is 2.53. The van der Waals surface area contributed by atoms with Crippen LogP contribution in [0.3, 0.4) is 0 Å². The smallest absolute Gasteiger partial charge is 0.142 e. The van der Waals surface area contributed by atoms with Crippen LogP contribution in [0.15, 0.2) is 30.9 Å². The maximum Gasteiger partial charge on any atom is 0.142 e. The third kappa shape index (κ3) is 2.02. The van der Waals surface area contributed by atoms with Crippen LogP contribution in [0.2, 0.25) is 5.02 Å². The zero-order valence-corrected chi connectivity index (χ0v) is 8.21. The van der Waals surface area contributed by atoms with Crippen LogP contribution in [0, 0.1) is 0 Å². The monoisotopic (exact) mass is 197 g/mol. The first-order valence-electron chi connectivity index (χ1n) is 3.91. The van der Waals surface area contributed by atoms with Gasteiger partial charge in [-0.1, -0.05) is 29.8 Å². The van der Waals surface area contributed by atoms with Crippen molar-refractivity contribution in [3.05, 3.63) is 41.4 Å². The van der Waals surface area contributed by atoms with Crippen molar-refractivity contribution < 1.29 is 4.74 Å². The first kappa shape index (κ1) is 10.1. The number of benzene rings is 1. The number of ether oxygens (including phenoxy) is 1. The van der Waals surface area contributed by atoms with Gasteiger partial charge in [-0.15, -0.1) is 6.58 Å². The Kier molecular flexibility index (Phi) is 3.34. The summed E-state index contributed by atoms with van der Waals surface area (Å²) in [6.45, 7) is 3.62. The largest absolute Gasteiger partial charge is 0.495 e. The Hall–Kier alpha value is -0.990. The lowest BCUT2D eigenvalue weighted by Crippen LogP contribution is -2.08. The molecule has 0 spiro atoms. The van der Waals surface area contributed by atoms with Crippen LogP contribution >= 0.6 is 11.6 Å². The average molecular weight is 198 g/mol. The molecular weight excluding hydrogens is 186 g/mol. The lowest BCUT2D eigenvalue weighted by molar-refractivity contribution is 0.408. The summed E-state index contributed by atoms with van der Waals surface area (Å²) in [6.07, 6.45) is 1.65. The summed E-state index contributed by atoms with van der Waals surface area (Å²) >= 11 is 5.92. The Morgan fingerprint density at radius 1 is 1.62 bits per heavy atom. The average Bonchev–Trinajstić information content (AvgIpc) is 2.16. The number of methoxy groups -OCH3 is 1. The summed E-state index contributed by atoms with van der Waals surface area (Å²) in [4.78, 5) is 0. The zero-order valence-electron chi connectivity index (χ0n) is 7.46. The zero-order chi connectivity index (χ0) is 9.84. The Labute approximate surface area is 83.0 Å². The van der Waals surface area contributed by atoms with E-state index in [2.05, 4.69) is 6.58 Å². The van der Waals surface area contributed by atoms with E-state index in [1.165, 1.54) is 0 Å². The van der Waals surface area contributed by atoms with Gasteiger partial charge >= 0.3 is 0 Å². The summed E-state index contributed by atoms with van der Waals surface area (Å²) in [5.74, 6) is 0.622. The van der Waals surface area contributed by atoms with E-state index in [-0.39, 0.29) is 6.04 Å². The quantitative estimate of drug-likeness (QED) is 0.756. The molecule has 0 fully saturated rings. The lowest BCUT2D eigenvalue weighted by Gasteiger charge is -2.12. The van der Waals surface area contributed by atoms with Crippen LogP contribution in [-0.4, -0.2) is 7.11 Å². The normalized spacial score (nSPS) is 12.2. The van der Waals surface area contributed by atoms with Crippen molar-refractivity contribution in [2.24, 2.45) is 5.73 Å². The van der Waals surface area contributed by atoms with E-state index in [9.17, 15) is 0 Å². The molecule has 0 saturated carbocycles. The van der Waals surface area contributed by atoms with Gasteiger partial charge in [0.15, 0.2) is 0 Å². The van der Waals surface area contributed by atoms with Crippen LogP contribution in [0.1, 0.15) is 11.6 Å².